The number of allylic oxidation sites excluding steroid dienone is 1. The zero-order valence-electron chi connectivity index (χ0n) is 27.6. The Morgan fingerprint density at radius 1 is 0.930 bits per heavy atom. The first-order chi connectivity index (χ1) is 20.6. The molecule has 246 valence electrons. The average molecular weight is 625 g/mol. The Kier molecular flexibility index (Phi) is 17.7. The van der Waals surface area contributed by atoms with Gasteiger partial charge in [0.2, 0.25) is 0 Å². The number of hydrogen-bond donors (Lipinski definition) is 1. The molecular weight excluding hydrogens is 565 g/mol. The number of rotatable bonds is 23. The van der Waals surface area contributed by atoms with Crippen LogP contribution in [0.2, 0.25) is 0 Å². The van der Waals surface area contributed by atoms with E-state index in [0.717, 1.165) is 30.6 Å². The molecule has 0 bridgehead atoms. The van der Waals surface area contributed by atoms with Crippen molar-refractivity contribution in [2.45, 2.75) is 136 Å². The predicted octanol–water partition coefficient (Wildman–Crippen LogP) is 8.99. The average Bonchev–Trinajstić information content (AvgIpc) is 2.96. The van der Waals surface area contributed by atoms with Crippen LogP contribution in [0.3, 0.4) is 0 Å². The van der Waals surface area contributed by atoms with Crippen LogP contribution in [0.4, 0.5) is 5.69 Å². The van der Waals surface area contributed by atoms with Crippen molar-refractivity contribution in [3.8, 4) is 0 Å². The van der Waals surface area contributed by atoms with Gasteiger partial charge in [0.15, 0.2) is 12.4 Å². The van der Waals surface area contributed by atoms with E-state index < -0.39 is 26.0 Å². The molecule has 1 aromatic rings. The minimum absolute atomic E-state index is 0.308. The number of carbonyl (C=O) groups is 1. The number of quaternary nitrogens is 1. The molecule has 1 aromatic carbocycles. The van der Waals surface area contributed by atoms with Gasteiger partial charge in [-0.3, -0.25) is 18.7 Å². The van der Waals surface area contributed by atoms with Crippen LogP contribution in [-0.4, -0.2) is 50.4 Å². The number of phosphoric acid groups is 1. The van der Waals surface area contributed by atoms with Gasteiger partial charge in [0.25, 0.3) is 0 Å². The molecule has 43 heavy (non-hydrogen) atoms. The molecule has 8 nitrogen and oxygen atoms in total. The van der Waals surface area contributed by atoms with E-state index in [1.807, 2.05) is 26.2 Å². The fraction of sp³-hybridized carbons (Fsp3) is 0.735. The van der Waals surface area contributed by atoms with Gasteiger partial charge >= 0.3 is 13.8 Å². The number of hydrogen-bond acceptors (Lipinski definition) is 6. The quantitative estimate of drug-likeness (QED) is 0.0427. The molecular formula is C34H59NO7P+. The monoisotopic (exact) mass is 624 g/mol. The molecule has 0 amide bonds. The lowest BCUT2D eigenvalue weighted by Gasteiger charge is -2.36. The summed E-state index contributed by atoms with van der Waals surface area (Å²) < 4.78 is 34.9. The summed E-state index contributed by atoms with van der Waals surface area (Å²) in [6, 6.07) is 8.16. The highest BCUT2D eigenvalue weighted by molar-refractivity contribution is 7.47. The Morgan fingerprint density at radius 3 is 2.07 bits per heavy atom. The van der Waals surface area contributed by atoms with Crippen LogP contribution < -0.4 is 4.48 Å². The number of carbonyl (C=O) groups excluding carboxylic acids is 1. The number of esters is 1. The highest BCUT2D eigenvalue weighted by Gasteiger charge is 2.34. The van der Waals surface area contributed by atoms with Crippen LogP contribution in [0.5, 0.6) is 0 Å². The molecule has 3 atom stereocenters. The van der Waals surface area contributed by atoms with Crippen LogP contribution >= 0.6 is 7.82 Å². The lowest BCUT2D eigenvalue weighted by atomic mass is 9.98. The Hall–Kier alpha value is -1.70. The number of aryl methyl sites for hydroxylation is 1. The van der Waals surface area contributed by atoms with Crippen molar-refractivity contribution in [3.05, 3.63) is 41.8 Å². The van der Waals surface area contributed by atoms with Gasteiger partial charge in [-0.05, 0) is 25.8 Å². The predicted molar refractivity (Wildman–Crippen MR) is 175 cm³/mol. The van der Waals surface area contributed by atoms with Crippen molar-refractivity contribution in [1.82, 2.24) is 4.48 Å². The van der Waals surface area contributed by atoms with Crippen molar-refractivity contribution < 1.29 is 32.8 Å². The molecule has 0 spiro atoms. The van der Waals surface area contributed by atoms with Crippen LogP contribution in [-0.2, 0) is 34.3 Å². The standard InChI is InChI=1S/C34H58NO7P/c1-6-7-8-9-10-11-12-13-14-15-16-17-18-21-26-39-29(2)34(42-30(3)36)28-41-43(37,38)40-27-32-25-24-31-22-19-20-23-33(31)35(32,4)5/h19-20,22-23,27,29,34H,6-18,21,24-26,28H2,1-5H3/p+1. The maximum absolute atomic E-state index is 12.7. The molecule has 1 heterocycles. The van der Waals surface area contributed by atoms with Crippen LogP contribution in [0.15, 0.2) is 36.2 Å². The topological polar surface area (TPSA) is 91.3 Å². The number of para-hydroxylation sites is 1. The molecule has 0 fully saturated rings. The molecule has 0 saturated heterocycles. The number of ether oxygens (including phenoxy) is 2. The zero-order valence-corrected chi connectivity index (χ0v) is 28.5. The number of benzene rings is 1. The van der Waals surface area contributed by atoms with E-state index in [1.165, 1.54) is 95.8 Å². The first-order valence-corrected chi connectivity index (χ1v) is 18.1. The van der Waals surface area contributed by atoms with E-state index in [2.05, 4.69) is 19.1 Å². The lowest BCUT2D eigenvalue weighted by Crippen LogP contribution is -2.42. The van der Waals surface area contributed by atoms with E-state index in [0.29, 0.717) is 17.5 Å². The van der Waals surface area contributed by atoms with Crippen LogP contribution in [0, 0.1) is 0 Å². The minimum atomic E-state index is -4.43. The van der Waals surface area contributed by atoms with Crippen molar-refractivity contribution in [2.24, 2.45) is 0 Å². The number of nitrogens with zero attached hydrogens (tertiary/aromatic N) is 1. The molecule has 3 unspecified atom stereocenters. The molecule has 1 N–H and O–H groups in total. The van der Waals surface area contributed by atoms with Gasteiger partial charge in [0.1, 0.15) is 11.4 Å². The largest absolute Gasteiger partial charge is 0.527 e. The van der Waals surface area contributed by atoms with Gasteiger partial charge < -0.3 is 14.0 Å². The number of phosphoric ester groups is 1. The third-order valence-electron chi connectivity index (χ3n) is 8.41. The van der Waals surface area contributed by atoms with E-state index in [1.54, 1.807) is 6.92 Å². The highest BCUT2D eigenvalue weighted by atomic mass is 31.2. The fourth-order valence-corrected chi connectivity index (χ4v) is 6.28. The SMILES string of the molecule is CCCCCCCCCCCCCCCCOC(C)C(COP(=O)(O)OC=C1CCc2ccccc2[N+]1(C)C)OC(C)=O. The second-order valence-corrected chi connectivity index (χ2v) is 13.8. The third kappa shape index (κ3) is 14.8. The molecule has 2 rings (SSSR count). The Balaban J connectivity index is 1.65. The summed E-state index contributed by atoms with van der Waals surface area (Å²) in [5.74, 6) is -0.503. The normalized spacial score (nSPS) is 18.0. The Morgan fingerprint density at radius 2 is 1.49 bits per heavy atom. The molecule has 0 radical (unpaired) electrons. The van der Waals surface area contributed by atoms with Crippen molar-refractivity contribution >= 4 is 19.5 Å². The van der Waals surface area contributed by atoms with E-state index in [-0.39, 0.29) is 6.61 Å². The maximum atomic E-state index is 12.7. The smallest absolute Gasteiger partial charge is 0.457 e. The van der Waals surface area contributed by atoms with Gasteiger partial charge in [0.05, 0.1) is 26.8 Å². The van der Waals surface area contributed by atoms with Gasteiger partial charge in [-0.2, -0.15) is 0 Å². The van der Waals surface area contributed by atoms with Crippen molar-refractivity contribution in [3.63, 3.8) is 0 Å². The summed E-state index contributed by atoms with van der Waals surface area (Å²) in [4.78, 5) is 22.1. The van der Waals surface area contributed by atoms with E-state index in [4.69, 9.17) is 18.5 Å². The first-order valence-electron chi connectivity index (χ1n) is 16.6. The van der Waals surface area contributed by atoms with Crippen LogP contribution in [0.1, 0.15) is 123 Å². The molecule has 9 heteroatoms. The Bertz CT molecular complexity index is 1010. The molecule has 0 aliphatic carbocycles. The van der Waals surface area contributed by atoms with E-state index >= 15 is 0 Å². The molecule has 1 aliphatic rings. The summed E-state index contributed by atoms with van der Waals surface area (Å²) in [6.45, 7) is 5.57. The second kappa shape index (κ2) is 20.4. The number of fused-ring (bicyclic) bond motifs is 1. The summed E-state index contributed by atoms with van der Waals surface area (Å²) in [7, 11) is -0.397. The van der Waals surface area contributed by atoms with Crippen LogP contribution in [0.25, 0.3) is 0 Å². The Labute approximate surface area is 261 Å². The van der Waals surface area contributed by atoms with E-state index in [9.17, 15) is 14.3 Å². The zero-order chi connectivity index (χ0) is 31.6. The third-order valence-corrected chi connectivity index (χ3v) is 9.25. The van der Waals surface area contributed by atoms with Gasteiger partial charge in [0, 0.05) is 25.5 Å². The summed E-state index contributed by atoms with van der Waals surface area (Å²) >= 11 is 0. The fourth-order valence-electron chi connectivity index (χ4n) is 5.63. The van der Waals surface area contributed by atoms with Crippen molar-refractivity contribution in [1.29, 1.82) is 0 Å². The van der Waals surface area contributed by atoms with Gasteiger partial charge in [-0.15, -0.1) is 0 Å². The summed E-state index contributed by atoms with van der Waals surface area (Å²) in [5.41, 5.74) is 3.23. The minimum Gasteiger partial charge on any atom is -0.457 e. The highest BCUT2D eigenvalue weighted by Crippen LogP contribution is 2.45. The summed E-state index contributed by atoms with van der Waals surface area (Å²) in [5, 5.41) is 0. The maximum Gasteiger partial charge on any atom is 0.527 e. The molecule has 0 aromatic heterocycles. The van der Waals surface area contributed by atoms with Gasteiger partial charge in [-0.25, -0.2) is 4.57 Å². The first kappa shape index (κ1) is 37.5. The summed E-state index contributed by atoms with van der Waals surface area (Å²) in [6.07, 6.45) is 19.6. The van der Waals surface area contributed by atoms with Gasteiger partial charge in [-0.1, -0.05) is 109 Å². The molecule has 1 aliphatic heterocycles. The van der Waals surface area contributed by atoms with Crippen molar-refractivity contribution in [2.75, 3.05) is 27.3 Å². The molecule has 0 saturated carbocycles. The number of unbranched alkanes of at least 4 members (excludes halogenated alkanes) is 13. The second-order valence-electron chi connectivity index (χ2n) is 12.4. The lowest BCUT2D eigenvalue weighted by molar-refractivity contribution is -0.157.